The summed E-state index contributed by atoms with van der Waals surface area (Å²) < 4.78 is 0. The van der Waals surface area contributed by atoms with Crippen molar-refractivity contribution in [2.24, 2.45) is 0 Å². The molecular weight excluding hydrogens is 232 g/mol. The summed E-state index contributed by atoms with van der Waals surface area (Å²) in [5.41, 5.74) is 0.606. The van der Waals surface area contributed by atoms with Crippen molar-refractivity contribution < 1.29 is 9.90 Å². The number of aromatic amines is 1. The molecule has 0 aliphatic carbocycles. The third kappa shape index (κ3) is 2.24. The van der Waals surface area contributed by atoms with Gasteiger partial charge in [-0.1, -0.05) is 6.07 Å². The van der Waals surface area contributed by atoms with Crippen LogP contribution in [0.3, 0.4) is 0 Å². The molecule has 2 rings (SSSR count). The lowest BCUT2D eigenvalue weighted by Crippen LogP contribution is -2.22. The van der Waals surface area contributed by atoms with E-state index < -0.39 is 11.5 Å². The van der Waals surface area contributed by atoms with Gasteiger partial charge in [0.15, 0.2) is 0 Å². The third-order valence-electron chi connectivity index (χ3n) is 2.62. The highest BCUT2D eigenvalue weighted by Crippen LogP contribution is 2.23. The molecule has 0 saturated heterocycles. The summed E-state index contributed by atoms with van der Waals surface area (Å²) >= 11 is 0. The van der Waals surface area contributed by atoms with Gasteiger partial charge >= 0.3 is 0 Å². The fourth-order valence-electron chi connectivity index (χ4n) is 1.55. The number of pyridine rings is 1. The summed E-state index contributed by atoms with van der Waals surface area (Å²) in [4.78, 5) is 25.7. The maximum Gasteiger partial charge on any atom is 0.261 e. The molecule has 3 N–H and O–H groups in total. The average Bonchev–Trinajstić information content (AvgIpc) is 2.35. The predicted molar refractivity (Wildman–Crippen MR) is 67.9 cm³/mol. The maximum absolute atomic E-state index is 11.9. The Morgan fingerprint density at radius 3 is 2.78 bits per heavy atom. The molecule has 0 aliphatic rings. The van der Waals surface area contributed by atoms with Crippen LogP contribution in [0.15, 0.2) is 41.3 Å². The number of benzene rings is 1. The topological polar surface area (TPSA) is 82.2 Å². The first-order chi connectivity index (χ1) is 8.59. The van der Waals surface area contributed by atoms with Gasteiger partial charge < -0.3 is 15.4 Å². The number of anilines is 1. The van der Waals surface area contributed by atoms with E-state index in [1.165, 1.54) is 18.3 Å². The summed E-state index contributed by atoms with van der Waals surface area (Å²) in [5, 5.41) is 12.1. The summed E-state index contributed by atoms with van der Waals surface area (Å²) in [6.45, 7) is 1.68. The van der Waals surface area contributed by atoms with Gasteiger partial charge in [-0.3, -0.25) is 9.59 Å². The second-order valence-corrected chi connectivity index (χ2v) is 3.82. The van der Waals surface area contributed by atoms with Crippen LogP contribution in [0.4, 0.5) is 5.69 Å². The molecule has 5 heteroatoms. The Balaban J connectivity index is 2.30. The van der Waals surface area contributed by atoms with E-state index in [4.69, 9.17) is 0 Å². The van der Waals surface area contributed by atoms with Crippen molar-refractivity contribution >= 4 is 11.6 Å². The number of aromatic nitrogens is 1. The molecule has 0 aliphatic heterocycles. The van der Waals surface area contributed by atoms with Gasteiger partial charge in [-0.25, -0.2) is 0 Å². The lowest BCUT2D eigenvalue weighted by molar-refractivity contribution is 0.102. The Labute approximate surface area is 103 Å². The predicted octanol–water partition coefficient (Wildman–Crippen LogP) is 1.64. The van der Waals surface area contributed by atoms with E-state index in [9.17, 15) is 14.7 Å². The molecule has 0 saturated carbocycles. The van der Waals surface area contributed by atoms with E-state index in [2.05, 4.69) is 10.3 Å². The Hall–Kier alpha value is -2.56. The number of aromatic hydroxyl groups is 1. The van der Waals surface area contributed by atoms with Crippen LogP contribution in [0.5, 0.6) is 5.75 Å². The largest absolute Gasteiger partial charge is 0.508 e. The van der Waals surface area contributed by atoms with Crippen LogP contribution in [0.25, 0.3) is 0 Å². The zero-order chi connectivity index (χ0) is 13.1. The van der Waals surface area contributed by atoms with Crippen molar-refractivity contribution in [1.29, 1.82) is 0 Å². The zero-order valence-corrected chi connectivity index (χ0v) is 9.73. The highest BCUT2D eigenvalue weighted by molar-refractivity contribution is 6.04. The van der Waals surface area contributed by atoms with E-state index in [1.54, 1.807) is 25.1 Å². The molecule has 1 aromatic heterocycles. The summed E-state index contributed by atoms with van der Waals surface area (Å²) in [6.07, 6.45) is 1.46. The number of carbonyl (C=O) groups is 1. The summed E-state index contributed by atoms with van der Waals surface area (Å²) in [7, 11) is 0. The summed E-state index contributed by atoms with van der Waals surface area (Å²) in [6, 6.07) is 7.81. The number of nitrogens with one attached hydrogen (secondary N) is 2. The number of carbonyl (C=O) groups excluding carboxylic acids is 1. The number of phenolic OH excluding ortho intramolecular Hbond substituents is 1. The van der Waals surface area contributed by atoms with Gasteiger partial charge in [-0.05, 0) is 31.2 Å². The molecule has 0 atom stereocenters. The van der Waals surface area contributed by atoms with Gasteiger partial charge in [0.1, 0.15) is 11.3 Å². The Kier molecular flexibility index (Phi) is 3.14. The molecule has 1 amide bonds. The van der Waals surface area contributed by atoms with Crippen LogP contribution in [0, 0.1) is 6.92 Å². The number of hydrogen-bond donors (Lipinski definition) is 3. The van der Waals surface area contributed by atoms with Crippen LogP contribution in [-0.2, 0) is 0 Å². The molecule has 18 heavy (non-hydrogen) atoms. The SMILES string of the molecule is Cc1c(O)cccc1NC(=O)c1ccc[nH]c1=O. The quantitative estimate of drug-likeness (QED) is 0.751. The van der Waals surface area contributed by atoms with Gasteiger partial charge in [0.25, 0.3) is 11.5 Å². The van der Waals surface area contributed by atoms with Gasteiger partial charge in [0, 0.05) is 17.4 Å². The van der Waals surface area contributed by atoms with Crippen molar-refractivity contribution in [3.05, 3.63) is 58.0 Å². The number of rotatable bonds is 2. The van der Waals surface area contributed by atoms with Gasteiger partial charge in [-0.2, -0.15) is 0 Å². The van der Waals surface area contributed by atoms with E-state index in [1.807, 2.05) is 0 Å². The molecular formula is C13H12N2O3. The molecule has 0 unspecified atom stereocenters. The van der Waals surface area contributed by atoms with Crippen LogP contribution in [0.2, 0.25) is 0 Å². The lowest BCUT2D eigenvalue weighted by atomic mass is 10.1. The highest BCUT2D eigenvalue weighted by Gasteiger charge is 2.11. The number of amides is 1. The summed E-state index contributed by atoms with van der Waals surface area (Å²) in [5.74, 6) is -0.416. The van der Waals surface area contributed by atoms with Crippen molar-refractivity contribution in [2.75, 3.05) is 5.32 Å². The fourth-order valence-corrected chi connectivity index (χ4v) is 1.55. The third-order valence-corrected chi connectivity index (χ3v) is 2.62. The van der Waals surface area contributed by atoms with E-state index >= 15 is 0 Å². The highest BCUT2D eigenvalue weighted by atomic mass is 16.3. The molecule has 92 valence electrons. The van der Waals surface area contributed by atoms with Gasteiger partial charge in [-0.15, -0.1) is 0 Å². The first kappa shape index (κ1) is 11.9. The van der Waals surface area contributed by atoms with Crippen LogP contribution < -0.4 is 10.9 Å². The first-order valence-corrected chi connectivity index (χ1v) is 5.37. The minimum Gasteiger partial charge on any atom is -0.508 e. The molecule has 1 heterocycles. The van der Waals surface area contributed by atoms with Crippen molar-refractivity contribution in [3.8, 4) is 5.75 Å². The van der Waals surface area contributed by atoms with Crippen molar-refractivity contribution in [1.82, 2.24) is 4.98 Å². The molecule has 0 spiro atoms. The smallest absolute Gasteiger partial charge is 0.261 e. The zero-order valence-electron chi connectivity index (χ0n) is 9.73. The minimum atomic E-state index is -0.509. The molecule has 0 bridgehead atoms. The van der Waals surface area contributed by atoms with Gasteiger partial charge in [0.05, 0.1) is 0 Å². The normalized spacial score (nSPS) is 10.1. The molecule has 1 aromatic carbocycles. The number of H-pyrrole nitrogens is 1. The minimum absolute atomic E-state index is 0.0280. The second kappa shape index (κ2) is 4.75. The molecule has 0 fully saturated rings. The monoisotopic (exact) mass is 244 g/mol. The van der Waals surface area contributed by atoms with Crippen molar-refractivity contribution in [2.45, 2.75) is 6.92 Å². The Bertz CT molecular complexity index is 647. The maximum atomic E-state index is 11.9. The standard InChI is InChI=1S/C13H12N2O3/c1-8-10(5-2-6-11(8)16)15-13(18)9-4-3-7-14-12(9)17/h2-7,16H,1H3,(H,14,17)(H,15,18). The van der Waals surface area contributed by atoms with E-state index in [-0.39, 0.29) is 11.3 Å². The Morgan fingerprint density at radius 2 is 2.06 bits per heavy atom. The van der Waals surface area contributed by atoms with Crippen LogP contribution >= 0.6 is 0 Å². The Morgan fingerprint density at radius 1 is 1.28 bits per heavy atom. The fraction of sp³-hybridized carbons (Fsp3) is 0.0769. The number of phenols is 1. The average molecular weight is 244 g/mol. The second-order valence-electron chi connectivity index (χ2n) is 3.82. The van der Waals surface area contributed by atoms with E-state index in [0.717, 1.165) is 0 Å². The van der Waals surface area contributed by atoms with E-state index in [0.29, 0.717) is 11.3 Å². The van der Waals surface area contributed by atoms with Crippen molar-refractivity contribution in [3.63, 3.8) is 0 Å². The molecule has 2 aromatic rings. The van der Waals surface area contributed by atoms with Crippen LogP contribution in [0.1, 0.15) is 15.9 Å². The van der Waals surface area contributed by atoms with Crippen LogP contribution in [-0.4, -0.2) is 16.0 Å². The van der Waals surface area contributed by atoms with Gasteiger partial charge in [0.2, 0.25) is 0 Å². The molecule has 0 radical (unpaired) electrons. The molecule has 5 nitrogen and oxygen atoms in total. The lowest BCUT2D eigenvalue weighted by Gasteiger charge is -2.08. The number of hydrogen-bond acceptors (Lipinski definition) is 3. The first-order valence-electron chi connectivity index (χ1n) is 5.37.